The van der Waals surface area contributed by atoms with Crippen molar-refractivity contribution < 1.29 is 9.47 Å². The van der Waals surface area contributed by atoms with Gasteiger partial charge in [-0.05, 0) is 0 Å². The van der Waals surface area contributed by atoms with E-state index in [4.69, 9.17) is 21.1 Å². The molecule has 2 nitrogen and oxygen atoms in total. The highest BCUT2D eigenvalue weighted by Gasteiger charge is 2.28. The topological polar surface area (TPSA) is 18.5 Å². The van der Waals surface area contributed by atoms with Gasteiger partial charge in [0.25, 0.3) is 0 Å². The van der Waals surface area contributed by atoms with E-state index in [1.54, 1.807) is 0 Å². The molecule has 0 aromatic heterocycles. The molecule has 0 saturated heterocycles. The average molecular weight is 213 g/mol. The van der Waals surface area contributed by atoms with Gasteiger partial charge >= 0.3 is 0 Å². The molecule has 1 aromatic carbocycles. The molecule has 0 fully saturated rings. The molecule has 0 N–H and O–H groups in total. The van der Waals surface area contributed by atoms with Crippen LogP contribution in [0, 0.1) is 0 Å². The molecule has 1 heterocycles. The number of fused-ring (bicyclic) bond motifs is 1. The molecule has 0 atom stereocenters. The van der Waals surface area contributed by atoms with Gasteiger partial charge in [0, 0.05) is 25.0 Å². The molecular formula is C11H13ClO2. The summed E-state index contributed by atoms with van der Waals surface area (Å²) in [7, 11) is 0. The molecule has 0 unspecified atom stereocenters. The first-order valence-corrected chi connectivity index (χ1v) is 5.15. The van der Waals surface area contributed by atoms with Crippen LogP contribution in [0.25, 0.3) is 0 Å². The van der Waals surface area contributed by atoms with Gasteiger partial charge in [-0.2, -0.15) is 0 Å². The van der Waals surface area contributed by atoms with Gasteiger partial charge in [-0.15, -0.1) is 11.6 Å². The number of alkyl halides is 1. The van der Waals surface area contributed by atoms with Crippen LogP contribution in [0.15, 0.2) is 18.2 Å². The van der Waals surface area contributed by atoms with Gasteiger partial charge in [0.15, 0.2) is 0 Å². The number of para-hydroxylation sites is 1. The summed E-state index contributed by atoms with van der Waals surface area (Å²) in [5.41, 5.74) is 2.10. The van der Waals surface area contributed by atoms with Crippen molar-refractivity contribution in [3.8, 4) is 5.75 Å². The molecule has 0 radical (unpaired) electrons. The predicted molar refractivity (Wildman–Crippen MR) is 55.5 cm³/mol. The van der Waals surface area contributed by atoms with E-state index in [9.17, 15) is 0 Å². The fourth-order valence-corrected chi connectivity index (χ4v) is 1.73. The maximum Gasteiger partial charge on any atom is 0.205 e. The standard InChI is InChI=1S/C11H13ClO2/c1-11(2)13-7-9-5-3-4-8(6-12)10(9)14-11/h3-5H,6-7H2,1-2H3. The zero-order valence-corrected chi connectivity index (χ0v) is 9.10. The number of ether oxygens (including phenoxy) is 2. The highest BCUT2D eigenvalue weighted by atomic mass is 35.5. The number of halogens is 1. The second kappa shape index (κ2) is 3.44. The van der Waals surface area contributed by atoms with E-state index in [1.807, 2.05) is 32.0 Å². The van der Waals surface area contributed by atoms with E-state index >= 15 is 0 Å². The van der Waals surface area contributed by atoms with Crippen molar-refractivity contribution in [1.82, 2.24) is 0 Å². The molecule has 3 heteroatoms. The number of hydrogen-bond donors (Lipinski definition) is 0. The molecule has 0 saturated carbocycles. The molecular weight excluding hydrogens is 200 g/mol. The van der Waals surface area contributed by atoms with E-state index in [0.29, 0.717) is 12.5 Å². The predicted octanol–water partition coefficient (Wildman–Crippen LogP) is 3.07. The summed E-state index contributed by atoms with van der Waals surface area (Å²) < 4.78 is 11.3. The summed E-state index contributed by atoms with van der Waals surface area (Å²) in [6, 6.07) is 5.95. The lowest BCUT2D eigenvalue weighted by atomic mass is 10.1. The largest absolute Gasteiger partial charge is 0.462 e. The molecule has 14 heavy (non-hydrogen) atoms. The molecule has 1 aliphatic heterocycles. The first-order chi connectivity index (χ1) is 6.62. The van der Waals surface area contributed by atoms with Crippen LogP contribution in [0.1, 0.15) is 25.0 Å². The fraction of sp³-hybridized carbons (Fsp3) is 0.455. The quantitative estimate of drug-likeness (QED) is 0.667. The summed E-state index contributed by atoms with van der Waals surface area (Å²) in [6.07, 6.45) is 0. The molecule has 0 aliphatic carbocycles. The van der Waals surface area contributed by atoms with Gasteiger partial charge in [-0.25, -0.2) is 0 Å². The van der Waals surface area contributed by atoms with E-state index < -0.39 is 5.79 Å². The van der Waals surface area contributed by atoms with Crippen LogP contribution in [0.4, 0.5) is 0 Å². The van der Waals surface area contributed by atoms with Gasteiger partial charge < -0.3 is 9.47 Å². The minimum absolute atomic E-state index is 0.471. The number of benzene rings is 1. The van der Waals surface area contributed by atoms with Gasteiger partial charge in [0.1, 0.15) is 5.75 Å². The minimum Gasteiger partial charge on any atom is -0.462 e. The average Bonchev–Trinajstić information content (AvgIpc) is 2.15. The lowest BCUT2D eigenvalue weighted by Crippen LogP contribution is -2.35. The summed E-state index contributed by atoms with van der Waals surface area (Å²) in [5, 5.41) is 0. The third-order valence-electron chi connectivity index (χ3n) is 2.25. The van der Waals surface area contributed by atoms with E-state index in [-0.39, 0.29) is 0 Å². The fourth-order valence-electron chi connectivity index (χ4n) is 1.51. The van der Waals surface area contributed by atoms with Crippen molar-refractivity contribution in [2.24, 2.45) is 0 Å². The van der Waals surface area contributed by atoms with E-state index in [0.717, 1.165) is 16.9 Å². The van der Waals surface area contributed by atoms with Crippen LogP contribution in [0.2, 0.25) is 0 Å². The second-order valence-corrected chi connectivity index (χ2v) is 4.10. The van der Waals surface area contributed by atoms with Crippen LogP contribution in [0.5, 0.6) is 5.75 Å². The Morgan fingerprint density at radius 2 is 2.21 bits per heavy atom. The monoisotopic (exact) mass is 212 g/mol. The van der Waals surface area contributed by atoms with E-state index in [2.05, 4.69) is 0 Å². The Hall–Kier alpha value is -0.730. The lowest BCUT2D eigenvalue weighted by molar-refractivity contribution is -0.180. The maximum absolute atomic E-state index is 5.84. The molecule has 76 valence electrons. The Balaban J connectivity index is 2.43. The summed E-state index contributed by atoms with van der Waals surface area (Å²) in [4.78, 5) is 0. The van der Waals surface area contributed by atoms with E-state index in [1.165, 1.54) is 0 Å². The molecule has 0 bridgehead atoms. The third kappa shape index (κ3) is 1.72. The molecule has 2 rings (SSSR count). The molecule has 0 amide bonds. The normalized spacial score (nSPS) is 18.5. The van der Waals surface area contributed by atoms with Crippen LogP contribution in [-0.4, -0.2) is 5.79 Å². The molecule has 1 aliphatic rings. The Morgan fingerprint density at radius 1 is 1.43 bits per heavy atom. The summed E-state index contributed by atoms with van der Waals surface area (Å²) in [5.74, 6) is 0.813. The minimum atomic E-state index is -0.546. The van der Waals surface area contributed by atoms with Crippen molar-refractivity contribution in [1.29, 1.82) is 0 Å². The summed E-state index contributed by atoms with van der Waals surface area (Å²) >= 11 is 5.84. The first kappa shape index (κ1) is 9.81. The first-order valence-electron chi connectivity index (χ1n) is 4.62. The highest BCUT2D eigenvalue weighted by molar-refractivity contribution is 6.17. The van der Waals surface area contributed by atoms with Crippen LogP contribution < -0.4 is 4.74 Å². The van der Waals surface area contributed by atoms with Crippen LogP contribution >= 0.6 is 11.6 Å². The Morgan fingerprint density at radius 3 is 2.93 bits per heavy atom. The zero-order valence-electron chi connectivity index (χ0n) is 8.34. The smallest absolute Gasteiger partial charge is 0.205 e. The Kier molecular flexibility index (Phi) is 2.41. The second-order valence-electron chi connectivity index (χ2n) is 3.83. The van der Waals surface area contributed by atoms with Gasteiger partial charge in [-0.3, -0.25) is 0 Å². The van der Waals surface area contributed by atoms with Gasteiger partial charge in [0.05, 0.1) is 12.5 Å². The Bertz CT molecular complexity index is 333. The van der Waals surface area contributed by atoms with Crippen molar-refractivity contribution >= 4 is 11.6 Å². The Labute approximate surface area is 88.8 Å². The van der Waals surface area contributed by atoms with Crippen LogP contribution in [0.3, 0.4) is 0 Å². The number of rotatable bonds is 1. The third-order valence-corrected chi connectivity index (χ3v) is 2.53. The molecule has 1 aromatic rings. The zero-order chi connectivity index (χ0) is 10.2. The van der Waals surface area contributed by atoms with Crippen molar-refractivity contribution in [2.75, 3.05) is 0 Å². The van der Waals surface area contributed by atoms with Crippen molar-refractivity contribution in [3.05, 3.63) is 29.3 Å². The van der Waals surface area contributed by atoms with Crippen LogP contribution in [-0.2, 0) is 17.2 Å². The highest BCUT2D eigenvalue weighted by Crippen LogP contribution is 2.34. The van der Waals surface area contributed by atoms with Crippen molar-refractivity contribution in [2.45, 2.75) is 32.1 Å². The molecule has 0 spiro atoms. The van der Waals surface area contributed by atoms with Gasteiger partial charge in [-0.1, -0.05) is 18.2 Å². The van der Waals surface area contributed by atoms with Crippen molar-refractivity contribution in [3.63, 3.8) is 0 Å². The maximum atomic E-state index is 5.84. The SMILES string of the molecule is CC1(C)OCc2cccc(CCl)c2O1. The lowest BCUT2D eigenvalue weighted by Gasteiger charge is -2.33. The van der Waals surface area contributed by atoms with Gasteiger partial charge in [0.2, 0.25) is 5.79 Å². The summed E-state index contributed by atoms with van der Waals surface area (Å²) in [6.45, 7) is 4.40. The number of hydrogen-bond acceptors (Lipinski definition) is 2.